The van der Waals surface area contributed by atoms with Gasteiger partial charge in [-0.25, -0.2) is 0 Å². The zero-order valence-electron chi connectivity index (χ0n) is 10.8. The van der Waals surface area contributed by atoms with Crippen molar-refractivity contribution in [2.75, 3.05) is 0 Å². The fourth-order valence-corrected chi connectivity index (χ4v) is 2.23. The molecule has 2 amide bonds. The number of aromatic nitrogens is 1. The Bertz CT molecular complexity index is 678. The first-order valence-electron chi connectivity index (χ1n) is 6.25. The van der Waals surface area contributed by atoms with Crippen LogP contribution in [0.2, 0.25) is 0 Å². The Morgan fingerprint density at radius 1 is 1.45 bits per heavy atom. The molecule has 0 bridgehead atoms. The second-order valence-corrected chi connectivity index (χ2v) is 4.64. The van der Waals surface area contributed by atoms with E-state index >= 15 is 0 Å². The molecule has 1 aliphatic heterocycles. The van der Waals surface area contributed by atoms with E-state index < -0.39 is 6.04 Å². The zero-order chi connectivity index (χ0) is 14.1. The van der Waals surface area contributed by atoms with Crippen LogP contribution in [0, 0.1) is 6.92 Å². The van der Waals surface area contributed by atoms with Crippen molar-refractivity contribution in [3.8, 4) is 0 Å². The minimum Gasteiger partial charge on any atom is -0.361 e. The van der Waals surface area contributed by atoms with E-state index in [0.29, 0.717) is 22.6 Å². The minimum absolute atomic E-state index is 0.224. The van der Waals surface area contributed by atoms with Gasteiger partial charge in [-0.05, 0) is 18.6 Å². The smallest absolute Gasteiger partial charge is 0.252 e. The molecule has 20 heavy (non-hydrogen) atoms. The maximum absolute atomic E-state index is 12.1. The Hall–Kier alpha value is -2.63. The highest BCUT2D eigenvalue weighted by Gasteiger charge is 2.32. The standard InChI is InChI=1S/C14H13N3O3/c1-8-6-9(17-20-8)7-15-14(19)12-10-4-2-3-5-11(10)13(18)16-12/h2-6,12H,7H2,1H3,(H,15,19)(H,16,18). The van der Waals surface area contributed by atoms with Crippen molar-refractivity contribution in [3.63, 3.8) is 0 Å². The summed E-state index contributed by atoms with van der Waals surface area (Å²) in [6.07, 6.45) is 0. The molecular weight excluding hydrogens is 258 g/mol. The van der Waals surface area contributed by atoms with Crippen molar-refractivity contribution in [3.05, 3.63) is 52.9 Å². The predicted octanol–water partition coefficient (Wildman–Crippen LogP) is 1.08. The molecule has 1 atom stereocenters. The summed E-state index contributed by atoms with van der Waals surface area (Å²) in [5.41, 5.74) is 1.89. The third-order valence-corrected chi connectivity index (χ3v) is 3.17. The molecule has 3 rings (SSSR count). The van der Waals surface area contributed by atoms with Crippen molar-refractivity contribution in [2.24, 2.45) is 0 Å². The van der Waals surface area contributed by atoms with Gasteiger partial charge < -0.3 is 15.2 Å². The van der Waals surface area contributed by atoms with Crippen LogP contribution in [-0.2, 0) is 11.3 Å². The molecule has 0 fully saturated rings. The molecule has 0 spiro atoms. The summed E-state index contributed by atoms with van der Waals surface area (Å²) in [5, 5.41) is 9.20. The lowest BCUT2D eigenvalue weighted by Crippen LogP contribution is -2.35. The third kappa shape index (κ3) is 2.16. The van der Waals surface area contributed by atoms with Crippen LogP contribution in [0.4, 0.5) is 0 Å². The number of rotatable bonds is 3. The third-order valence-electron chi connectivity index (χ3n) is 3.17. The molecular formula is C14H13N3O3. The molecule has 2 aromatic rings. The van der Waals surface area contributed by atoms with E-state index in [2.05, 4.69) is 15.8 Å². The van der Waals surface area contributed by atoms with E-state index in [1.54, 1.807) is 37.3 Å². The lowest BCUT2D eigenvalue weighted by molar-refractivity contribution is -0.123. The molecule has 1 aromatic carbocycles. The molecule has 6 heteroatoms. The lowest BCUT2D eigenvalue weighted by Gasteiger charge is -2.11. The summed E-state index contributed by atoms with van der Waals surface area (Å²) in [5.74, 6) is 0.204. The molecule has 0 radical (unpaired) electrons. The number of amides is 2. The van der Waals surface area contributed by atoms with Crippen LogP contribution in [0.5, 0.6) is 0 Å². The van der Waals surface area contributed by atoms with Gasteiger partial charge in [-0.15, -0.1) is 0 Å². The number of nitrogens with zero attached hydrogens (tertiary/aromatic N) is 1. The van der Waals surface area contributed by atoms with Gasteiger partial charge in [-0.1, -0.05) is 23.4 Å². The van der Waals surface area contributed by atoms with Gasteiger partial charge >= 0.3 is 0 Å². The summed E-state index contributed by atoms with van der Waals surface area (Å²) in [4.78, 5) is 23.9. The summed E-state index contributed by atoms with van der Waals surface area (Å²) in [7, 11) is 0. The second-order valence-electron chi connectivity index (χ2n) is 4.64. The topological polar surface area (TPSA) is 84.2 Å². The van der Waals surface area contributed by atoms with Gasteiger partial charge in [0.15, 0.2) is 0 Å². The van der Waals surface area contributed by atoms with Crippen molar-refractivity contribution in [1.29, 1.82) is 0 Å². The second kappa shape index (κ2) is 4.80. The number of aryl methyl sites for hydroxylation is 1. The van der Waals surface area contributed by atoms with Crippen LogP contribution in [0.25, 0.3) is 0 Å². The first-order valence-corrected chi connectivity index (χ1v) is 6.25. The molecule has 0 saturated carbocycles. The van der Waals surface area contributed by atoms with Gasteiger partial charge in [-0.3, -0.25) is 9.59 Å². The SMILES string of the molecule is Cc1cc(CNC(=O)C2NC(=O)c3ccccc32)no1. The number of hydrogen-bond acceptors (Lipinski definition) is 4. The van der Waals surface area contributed by atoms with E-state index in [9.17, 15) is 9.59 Å². The van der Waals surface area contributed by atoms with Crippen LogP contribution in [0.1, 0.15) is 33.4 Å². The van der Waals surface area contributed by atoms with E-state index in [-0.39, 0.29) is 18.4 Å². The monoisotopic (exact) mass is 271 g/mol. The fourth-order valence-electron chi connectivity index (χ4n) is 2.23. The van der Waals surface area contributed by atoms with Gasteiger partial charge in [-0.2, -0.15) is 0 Å². The van der Waals surface area contributed by atoms with Crippen LogP contribution in [0.3, 0.4) is 0 Å². The summed E-state index contributed by atoms with van der Waals surface area (Å²) in [6, 6.07) is 8.17. The van der Waals surface area contributed by atoms with E-state index in [1.807, 2.05) is 0 Å². The molecule has 1 aliphatic rings. The average Bonchev–Trinajstić information content (AvgIpc) is 3.01. The normalized spacial score (nSPS) is 16.6. The highest BCUT2D eigenvalue weighted by atomic mass is 16.5. The van der Waals surface area contributed by atoms with Crippen molar-refractivity contribution in [1.82, 2.24) is 15.8 Å². The first-order chi connectivity index (χ1) is 9.65. The van der Waals surface area contributed by atoms with Gasteiger partial charge in [0.05, 0.1) is 6.54 Å². The Morgan fingerprint density at radius 2 is 2.25 bits per heavy atom. The van der Waals surface area contributed by atoms with Gasteiger partial charge in [0.1, 0.15) is 17.5 Å². The van der Waals surface area contributed by atoms with Gasteiger partial charge in [0.2, 0.25) is 5.91 Å². The summed E-state index contributed by atoms with van der Waals surface area (Å²) in [6.45, 7) is 2.05. The number of carbonyl (C=O) groups excluding carboxylic acids is 2. The number of benzene rings is 1. The Labute approximate surface area is 115 Å². The maximum Gasteiger partial charge on any atom is 0.252 e. The molecule has 2 N–H and O–H groups in total. The van der Waals surface area contributed by atoms with E-state index in [1.165, 1.54) is 0 Å². The number of fused-ring (bicyclic) bond motifs is 1. The number of hydrogen-bond donors (Lipinski definition) is 2. The number of carbonyl (C=O) groups is 2. The summed E-state index contributed by atoms with van der Waals surface area (Å²) >= 11 is 0. The average molecular weight is 271 g/mol. The molecule has 1 aromatic heterocycles. The molecule has 6 nitrogen and oxygen atoms in total. The van der Waals surface area contributed by atoms with Crippen LogP contribution >= 0.6 is 0 Å². The van der Waals surface area contributed by atoms with Gasteiger partial charge in [0, 0.05) is 11.6 Å². The minimum atomic E-state index is -0.647. The Balaban J connectivity index is 1.71. The highest BCUT2D eigenvalue weighted by molar-refractivity contribution is 6.04. The quantitative estimate of drug-likeness (QED) is 0.875. The maximum atomic E-state index is 12.1. The molecule has 2 heterocycles. The van der Waals surface area contributed by atoms with Crippen LogP contribution in [0.15, 0.2) is 34.9 Å². The molecule has 0 saturated heterocycles. The fraction of sp³-hybridized carbons (Fsp3) is 0.214. The molecule has 102 valence electrons. The Morgan fingerprint density at radius 3 is 3.00 bits per heavy atom. The predicted molar refractivity (Wildman–Crippen MR) is 69.7 cm³/mol. The first kappa shape index (κ1) is 12.4. The van der Waals surface area contributed by atoms with E-state index in [4.69, 9.17) is 4.52 Å². The lowest BCUT2D eigenvalue weighted by atomic mass is 10.0. The van der Waals surface area contributed by atoms with Crippen LogP contribution < -0.4 is 10.6 Å². The van der Waals surface area contributed by atoms with Crippen LogP contribution in [-0.4, -0.2) is 17.0 Å². The van der Waals surface area contributed by atoms with Crippen molar-refractivity contribution >= 4 is 11.8 Å². The number of nitrogens with one attached hydrogen (secondary N) is 2. The molecule has 0 aliphatic carbocycles. The summed E-state index contributed by atoms with van der Waals surface area (Å²) < 4.78 is 4.92. The largest absolute Gasteiger partial charge is 0.361 e. The Kier molecular flexibility index (Phi) is 2.98. The molecule has 1 unspecified atom stereocenters. The van der Waals surface area contributed by atoms with Crippen molar-refractivity contribution in [2.45, 2.75) is 19.5 Å². The van der Waals surface area contributed by atoms with Gasteiger partial charge in [0.25, 0.3) is 5.91 Å². The zero-order valence-corrected chi connectivity index (χ0v) is 10.8. The van der Waals surface area contributed by atoms with E-state index in [0.717, 1.165) is 0 Å². The highest BCUT2D eigenvalue weighted by Crippen LogP contribution is 2.24. The van der Waals surface area contributed by atoms with Crippen molar-refractivity contribution < 1.29 is 14.1 Å².